The minimum Gasteiger partial charge on any atom is -0.391 e. The smallest absolute Gasteiger partial charge is 0.152 e. The molecule has 5 heteroatoms. The molecule has 0 aromatic carbocycles. The van der Waals surface area contributed by atoms with Gasteiger partial charge >= 0.3 is 0 Å². The monoisotopic (exact) mass is 262 g/mol. The summed E-state index contributed by atoms with van der Waals surface area (Å²) >= 11 is 0. The van der Waals surface area contributed by atoms with Gasteiger partial charge in [0.25, 0.3) is 0 Å². The molecule has 1 unspecified atom stereocenters. The van der Waals surface area contributed by atoms with Gasteiger partial charge in [-0.1, -0.05) is 27.7 Å². The van der Waals surface area contributed by atoms with Gasteiger partial charge in [0.2, 0.25) is 0 Å². The zero-order valence-electron chi connectivity index (χ0n) is 12.0. The number of nitrogens with one attached hydrogen (secondary N) is 1. The van der Waals surface area contributed by atoms with E-state index >= 15 is 0 Å². The molecule has 0 aliphatic rings. The first-order chi connectivity index (χ1) is 8.99. The summed E-state index contributed by atoms with van der Waals surface area (Å²) in [6.07, 6.45) is 3.17. The van der Waals surface area contributed by atoms with Crippen LogP contribution in [-0.2, 0) is 0 Å². The lowest BCUT2D eigenvalue weighted by Crippen LogP contribution is -2.25. The summed E-state index contributed by atoms with van der Waals surface area (Å²) in [5.74, 6) is 1.37. The first-order valence-corrected chi connectivity index (χ1v) is 6.75. The second-order valence-corrected chi connectivity index (χ2v) is 5.52. The van der Waals surface area contributed by atoms with Gasteiger partial charge in [-0.05, 0) is 17.9 Å². The van der Waals surface area contributed by atoms with Crippen LogP contribution in [0.25, 0.3) is 5.52 Å². The highest BCUT2D eigenvalue weighted by molar-refractivity contribution is 5.67. The molecule has 0 aliphatic carbocycles. The fourth-order valence-electron chi connectivity index (χ4n) is 1.80. The van der Waals surface area contributed by atoms with Crippen molar-refractivity contribution >= 4 is 11.3 Å². The number of hydrogen-bond acceptors (Lipinski definition) is 4. The van der Waals surface area contributed by atoms with E-state index in [9.17, 15) is 5.11 Å². The second kappa shape index (κ2) is 5.57. The molecular formula is C14H22N4O. The summed E-state index contributed by atoms with van der Waals surface area (Å²) < 4.78 is 1.83. The number of fused-ring (bicyclic) bond motifs is 1. The van der Waals surface area contributed by atoms with Crippen LogP contribution in [0.5, 0.6) is 0 Å². The minimum atomic E-state index is -0.380. The van der Waals surface area contributed by atoms with Crippen LogP contribution in [0, 0.1) is 5.92 Å². The first-order valence-electron chi connectivity index (χ1n) is 6.75. The Bertz CT molecular complexity index is 547. The highest BCUT2D eigenvalue weighted by atomic mass is 16.3. The zero-order chi connectivity index (χ0) is 14.0. The van der Waals surface area contributed by atoms with Gasteiger partial charge in [-0.2, -0.15) is 5.10 Å². The van der Waals surface area contributed by atoms with Crippen molar-refractivity contribution in [2.75, 3.05) is 11.9 Å². The fraction of sp³-hybridized carbons (Fsp3) is 0.571. The van der Waals surface area contributed by atoms with E-state index in [1.54, 1.807) is 6.20 Å². The summed E-state index contributed by atoms with van der Waals surface area (Å²) in [4.78, 5) is 4.33. The van der Waals surface area contributed by atoms with E-state index in [2.05, 4.69) is 29.2 Å². The molecule has 0 radical (unpaired) electrons. The molecule has 19 heavy (non-hydrogen) atoms. The molecule has 2 heterocycles. The highest BCUT2D eigenvalue weighted by Crippen LogP contribution is 2.20. The lowest BCUT2D eigenvalue weighted by molar-refractivity contribution is 0.138. The van der Waals surface area contributed by atoms with E-state index < -0.39 is 0 Å². The third-order valence-electron chi connectivity index (χ3n) is 3.25. The first kappa shape index (κ1) is 13.8. The number of aromatic nitrogens is 3. The standard InChI is InChI=1S/C14H22N4O/c1-9(2)11-7-12-14(15-5-6-18(12)17-11)16-8-13(19)10(3)4/h5-7,9-10,13,19H,8H2,1-4H3,(H,15,16). The van der Waals surface area contributed by atoms with Crippen molar-refractivity contribution in [2.24, 2.45) is 5.92 Å². The Morgan fingerprint density at radius 2 is 2.05 bits per heavy atom. The fourth-order valence-corrected chi connectivity index (χ4v) is 1.80. The van der Waals surface area contributed by atoms with Crippen molar-refractivity contribution in [3.05, 3.63) is 24.2 Å². The molecular weight excluding hydrogens is 240 g/mol. The van der Waals surface area contributed by atoms with Gasteiger partial charge in [0.15, 0.2) is 5.82 Å². The SMILES string of the molecule is CC(C)c1cc2c(NCC(O)C(C)C)nccn2n1. The molecule has 0 amide bonds. The molecule has 5 nitrogen and oxygen atoms in total. The Balaban J connectivity index is 2.23. The third kappa shape index (κ3) is 3.04. The maximum atomic E-state index is 9.84. The van der Waals surface area contributed by atoms with E-state index in [0.29, 0.717) is 12.5 Å². The van der Waals surface area contributed by atoms with Crippen LogP contribution >= 0.6 is 0 Å². The molecule has 0 fully saturated rings. The summed E-state index contributed by atoms with van der Waals surface area (Å²) in [6, 6.07) is 2.04. The molecule has 0 bridgehead atoms. The van der Waals surface area contributed by atoms with E-state index in [0.717, 1.165) is 17.0 Å². The Hall–Kier alpha value is -1.62. The molecule has 1 atom stereocenters. The largest absolute Gasteiger partial charge is 0.391 e. The van der Waals surface area contributed by atoms with Crippen molar-refractivity contribution in [1.82, 2.24) is 14.6 Å². The average Bonchev–Trinajstić information content (AvgIpc) is 2.80. The molecule has 2 N–H and O–H groups in total. The van der Waals surface area contributed by atoms with Crippen LogP contribution in [0.2, 0.25) is 0 Å². The molecule has 0 spiro atoms. The number of anilines is 1. The molecule has 2 aromatic heterocycles. The lowest BCUT2D eigenvalue weighted by Gasteiger charge is -2.15. The normalized spacial score (nSPS) is 13.4. The predicted molar refractivity (Wildman–Crippen MR) is 76.4 cm³/mol. The summed E-state index contributed by atoms with van der Waals surface area (Å²) in [7, 11) is 0. The lowest BCUT2D eigenvalue weighted by atomic mass is 10.1. The quantitative estimate of drug-likeness (QED) is 0.867. The van der Waals surface area contributed by atoms with Crippen molar-refractivity contribution in [1.29, 1.82) is 0 Å². The van der Waals surface area contributed by atoms with Crippen molar-refractivity contribution in [3.63, 3.8) is 0 Å². The van der Waals surface area contributed by atoms with Crippen LogP contribution in [0.4, 0.5) is 5.82 Å². The number of hydrogen-bond donors (Lipinski definition) is 2. The Kier molecular flexibility index (Phi) is 4.04. The van der Waals surface area contributed by atoms with E-state index in [1.807, 2.05) is 30.6 Å². The Labute approximate surface area is 113 Å². The number of nitrogens with zero attached hydrogens (tertiary/aromatic N) is 3. The van der Waals surface area contributed by atoms with Crippen LogP contribution in [0.3, 0.4) is 0 Å². The molecule has 2 aromatic rings. The third-order valence-corrected chi connectivity index (χ3v) is 3.25. The minimum absolute atomic E-state index is 0.225. The van der Waals surface area contributed by atoms with Gasteiger partial charge in [-0.3, -0.25) is 0 Å². The van der Waals surface area contributed by atoms with Gasteiger partial charge in [0.1, 0.15) is 5.52 Å². The van der Waals surface area contributed by atoms with Gasteiger partial charge in [-0.15, -0.1) is 0 Å². The van der Waals surface area contributed by atoms with E-state index in [4.69, 9.17) is 0 Å². The summed E-state index contributed by atoms with van der Waals surface area (Å²) in [5.41, 5.74) is 1.99. The van der Waals surface area contributed by atoms with Crippen molar-refractivity contribution in [2.45, 2.75) is 39.7 Å². The highest BCUT2D eigenvalue weighted by Gasteiger charge is 2.12. The molecule has 0 saturated carbocycles. The number of aliphatic hydroxyl groups excluding tert-OH is 1. The Morgan fingerprint density at radius 3 is 2.68 bits per heavy atom. The van der Waals surface area contributed by atoms with Crippen LogP contribution in [0.15, 0.2) is 18.5 Å². The second-order valence-electron chi connectivity index (χ2n) is 5.52. The van der Waals surface area contributed by atoms with E-state index in [-0.39, 0.29) is 12.0 Å². The van der Waals surface area contributed by atoms with Crippen molar-refractivity contribution in [3.8, 4) is 0 Å². The molecule has 2 rings (SSSR count). The van der Waals surface area contributed by atoms with Gasteiger partial charge in [-0.25, -0.2) is 9.50 Å². The predicted octanol–water partition coefficient (Wildman–Crippen LogP) is 2.28. The number of aliphatic hydroxyl groups is 1. The van der Waals surface area contributed by atoms with Crippen LogP contribution in [0.1, 0.15) is 39.3 Å². The summed E-state index contributed by atoms with van der Waals surface area (Å²) in [6.45, 7) is 8.72. The zero-order valence-corrected chi connectivity index (χ0v) is 12.0. The topological polar surface area (TPSA) is 62.5 Å². The van der Waals surface area contributed by atoms with Crippen molar-refractivity contribution < 1.29 is 5.11 Å². The number of rotatable bonds is 5. The maximum Gasteiger partial charge on any atom is 0.152 e. The molecule has 0 saturated heterocycles. The average molecular weight is 262 g/mol. The van der Waals surface area contributed by atoms with Crippen LogP contribution < -0.4 is 5.32 Å². The summed E-state index contributed by atoms with van der Waals surface area (Å²) in [5, 5.41) is 17.5. The molecule has 104 valence electrons. The van der Waals surface area contributed by atoms with Gasteiger partial charge in [0, 0.05) is 18.9 Å². The maximum absolute atomic E-state index is 9.84. The van der Waals surface area contributed by atoms with Gasteiger partial charge < -0.3 is 10.4 Å². The van der Waals surface area contributed by atoms with Crippen LogP contribution in [-0.4, -0.2) is 32.4 Å². The molecule has 0 aliphatic heterocycles. The Morgan fingerprint density at radius 1 is 1.32 bits per heavy atom. The van der Waals surface area contributed by atoms with Gasteiger partial charge in [0.05, 0.1) is 11.8 Å². The van der Waals surface area contributed by atoms with E-state index in [1.165, 1.54) is 0 Å².